The Hall–Kier alpha value is -1.71. The van der Waals surface area contributed by atoms with Gasteiger partial charge in [0, 0.05) is 43.0 Å². The lowest BCUT2D eigenvalue weighted by Crippen LogP contribution is -2.37. The number of sulfonamides is 1. The first-order chi connectivity index (χ1) is 15.3. The molecule has 1 saturated heterocycles. The van der Waals surface area contributed by atoms with Crippen LogP contribution in [0.2, 0.25) is 0 Å². The number of nitrogens with zero attached hydrogens (tertiary/aromatic N) is 4. The molecule has 0 aromatic carbocycles. The fourth-order valence-electron chi connectivity index (χ4n) is 5.29. The van der Waals surface area contributed by atoms with Crippen molar-refractivity contribution in [1.82, 2.24) is 18.8 Å². The van der Waals surface area contributed by atoms with Gasteiger partial charge in [-0.05, 0) is 63.4 Å². The number of aromatic nitrogens is 3. The molecule has 0 amide bonds. The minimum Gasteiger partial charge on any atom is -0.393 e. The fraction of sp³-hybridized carbons (Fsp3) is 0.739. The summed E-state index contributed by atoms with van der Waals surface area (Å²) in [6, 6.07) is 0.632. The number of rotatable bonds is 7. The van der Waals surface area contributed by atoms with Gasteiger partial charge in [0.2, 0.25) is 16.0 Å². The highest BCUT2D eigenvalue weighted by Gasteiger charge is 2.30. The van der Waals surface area contributed by atoms with E-state index in [2.05, 4.69) is 34.9 Å². The van der Waals surface area contributed by atoms with Crippen LogP contribution in [0.1, 0.15) is 82.7 Å². The molecule has 1 aliphatic carbocycles. The summed E-state index contributed by atoms with van der Waals surface area (Å²) in [6.45, 7) is 5.44. The molecule has 1 saturated carbocycles. The Morgan fingerprint density at radius 2 is 1.88 bits per heavy atom. The fourth-order valence-corrected chi connectivity index (χ4v) is 6.16. The average molecular weight is 464 g/mol. The largest absolute Gasteiger partial charge is 0.393 e. The molecule has 2 aromatic rings. The maximum atomic E-state index is 11.9. The van der Waals surface area contributed by atoms with Crippen molar-refractivity contribution in [2.45, 2.75) is 89.3 Å². The Labute approximate surface area is 191 Å². The van der Waals surface area contributed by atoms with Gasteiger partial charge < -0.3 is 15.0 Å². The van der Waals surface area contributed by atoms with Crippen molar-refractivity contribution in [2.75, 3.05) is 24.7 Å². The topological polar surface area (TPSA) is 100 Å². The Balaban J connectivity index is 1.65. The van der Waals surface area contributed by atoms with Gasteiger partial charge >= 0.3 is 0 Å². The van der Waals surface area contributed by atoms with Gasteiger partial charge in [0.15, 0.2) is 0 Å². The Morgan fingerprint density at radius 1 is 1.19 bits per heavy atom. The summed E-state index contributed by atoms with van der Waals surface area (Å²) in [5.74, 6) is 0.958. The van der Waals surface area contributed by atoms with Crippen LogP contribution < -0.4 is 5.32 Å². The van der Waals surface area contributed by atoms with E-state index in [1.807, 2.05) is 6.20 Å². The van der Waals surface area contributed by atoms with Gasteiger partial charge in [0.05, 0.1) is 12.4 Å². The molecule has 178 valence electrons. The third kappa shape index (κ3) is 5.10. The van der Waals surface area contributed by atoms with E-state index in [0.29, 0.717) is 37.0 Å². The van der Waals surface area contributed by atoms with Crippen molar-refractivity contribution in [3.8, 4) is 0 Å². The molecule has 1 aliphatic heterocycles. The number of fused-ring (bicyclic) bond motifs is 1. The summed E-state index contributed by atoms with van der Waals surface area (Å²) < 4.78 is 27.7. The molecule has 32 heavy (non-hydrogen) atoms. The van der Waals surface area contributed by atoms with E-state index >= 15 is 0 Å². The molecule has 1 unspecified atom stereocenters. The number of anilines is 1. The molecular weight excluding hydrogens is 426 g/mol. The van der Waals surface area contributed by atoms with Gasteiger partial charge in [-0.1, -0.05) is 13.3 Å². The smallest absolute Gasteiger partial charge is 0.224 e. The Bertz CT molecular complexity index is 1020. The lowest BCUT2D eigenvalue weighted by molar-refractivity contribution is 0.111. The molecule has 2 N–H and O–H groups in total. The van der Waals surface area contributed by atoms with Crippen molar-refractivity contribution in [3.63, 3.8) is 0 Å². The third-order valence-electron chi connectivity index (χ3n) is 7.12. The normalized spacial score (nSPS) is 24.6. The minimum atomic E-state index is -3.14. The predicted molar refractivity (Wildman–Crippen MR) is 127 cm³/mol. The van der Waals surface area contributed by atoms with Crippen LogP contribution in [0.5, 0.6) is 0 Å². The second-order valence-electron chi connectivity index (χ2n) is 9.66. The molecule has 0 bridgehead atoms. The SMILES string of the molecule is CCCC(C)Nc1ncc2c(C3CCN(S(C)(=O)=O)CC3)cn(C3CCC(O)CC3)c2n1. The molecule has 3 heterocycles. The minimum absolute atomic E-state index is 0.199. The van der Waals surface area contributed by atoms with Crippen molar-refractivity contribution in [3.05, 3.63) is 18.0 Å². The van der Waals surface area contributed by atoms with Gasteiger partial charge in [-0.25, -0.2) is 17.7 Å². The lowest BCUT2D eigenvalue weighted by atomic mass is 9.90. The van der Waals surface area contributed by atoms with Gasteiger partial charge in [0.1, 0.15) is 5.65 Å². The van der Waals surface area contributed by atoms with E-state index < -0.39 is 10.0 Å². The zero-order valence-electron chi connectivity index (χ0n) is 19.5. The molecule has 8 nitrogen and oxygen atoms in total. The Kier molecular flexibility index (Phi) is 7.07. The van der Waals surface area contributed by atoms with E-state index in [9.17, 15) is 13.5 Å². The number of piperidine rings is 1. The van der Waals surface area contributed by atoms with Gasteiger partial charge in [-0.15, -0.1) is 0 Å². The molecule has 4 rings (SSSR count). The van der Waals surface area contributed by atoms with Crippen molar-refractivity contribution < 1.29 is 13.5 Å². The quantitative estimate of drug-likeness (QED) is 0.650. The highest BCUT2D eigenvalue weighted by atomic mass is 32.2. The highest BCUT2D eigenvalue weighted by molar-refractivity contribution is 7.88. The molecule has 2 aromatic heterocycles. The standard InChI is InChI=1S/C23H37N5O3S/c1-4-5-16(2)25-23-24-14-20-21(17-10-12-27(13-11-17)32(3,30)31)15-28(22(20)26-23)18-6-8-19(29)9-7-18/h14-19,29H,4-13H2,1-3H3,(H,24,25,26). The molecule has 0 spiro atoms. The summed E-state index contributed by atoms with van der Waals surface area (Å²) in [4.78, 5) is 9.56. The molecule has 2 fully saturated rings. The predicted octanol–water partition coefficient (Wildman–Crippen LogP) is 3.65. The second-order valence-corrected chi connectivity index (χ2v) is 11.6. The molecule has 0 radical (unpaired) electrons. The van der Waals surface area contributed by atoms with E-state index in [-0.39, 0.29) is 6.10 Å². The lowest BCUT2D eigenvalue weighted by Gasteiger charge is -2.30. The first kappa shape index (κ1) is 23.4. The summed E-state index contributed by atoms with van der Waals surface area (Å²) in [5, 5.41) is 14.5. The van der Waals surface area contributed by atoms with Crippen LogP contribution in [0, 0.1) is 0 Å². The Morgan fingerprint density at radius 3 is 2.50 bits per heavy atom. The van der Waals surface area contributed by atoms with Gasteiger partial charge in [-0.2, -0.15) is 4.98 Å². The number of nitrogens with one attached hydrogen (secondary N) is 1. The van der Waals surface area contributed by atoms with Crippen molar-refractivity contribution in [2.24, 2.45) is 0 Å². The zero-order valence-corrected chi connectivity index (χ0v) is 20.3. The first-order valence-electron chi connectivity index (χ1n) is 12.0. The molecule has 9 heteroatoms. The van der Waals surface area contributed by atoms with E-state index in [1.54, 1.807) is 4.31 Å². The summed E-state index contributed by atoms with van der Waals surface area (Å²) in [6.07, 6.45) is 12.6. The number of aliphatic hydroxyl groups excluding tert-OH is 1. The van der Waals surface area contributed by atoms with Crippen LogP contribution >= 0.6 is 0 Å². The van der Waals surface area contributed by atoms with Crippen LogP contribution in [0.25, 0.3) is 11.0 Å². The van der Waals surface area contributed by atoms with Gasteiger partial charge in [0.25, 0.3) is 0 Å². The van der Waals surface area contributed by atoms with E-state index in [0.717, 1.165) is 62.4 Å². The van der Waals surface area contributed by atoms with Crippen LogP contribution in [0.3, 0.4) is 0 Å². The number of aliphatic hydroxyl groups is 1. The van der Waals surface area contributed by atoms with E-state index in [4.69, 9.17) is 4.98 Å². The van der Waals surface area contributed by atoms with Crippen LogP contribution in [0.15, 0.2) is 12.4 Å². The first-order valence-corrected chi connectivity index (χ1v) is 13.9. The van der Waals surface area contributed by atoms with Crippen LogP contribution in [0.4, 0.5) is 5.95 Å². The van der Waals surface area contributed by atoms with E-state index in [1.165, 1.54) is 11.8 Å². The summed E-state index contributed by atoms with van der Waals surface area (Å²) in [5.41, 5.74) is 2.18. The third-order valence-corrected chi connectivity index (χ3v) is 8.43. The maximum absolute atomic E-state index is 11.9. The number of hydrogen-bond acceptors (Lipinski definition) is 6. The molecular formula is C23H37N5O3S. The molecule has 1 atom stereocenters. The number of hydrogen-bond donors (Lipinski definition) is 2. The molecule has 2 aliphatic rings. The summed E-state index contributed by atoms with van der Waals surface area (Å²) in [7, 11) is -3.14. The highest BCUT2D eigenvalue weighted by Crippen LogP contribution is 2.38. The monoisotopic (exact) mass is 463 g/mol. The maximum Gasteiger partial charge on any atom is 0.224 e. The average Bonchev–Trinajstić information content (AvgIpc) is 3.13. The zero-order chi connectivity index (χ0) is 22.9. The van der Waals surface area contributed by atoms with Crippen molar-refractivity contribution >= 4 is 27.0 Å². The van der Waals surface area contributed by atoms with Crippen LogP contribution in [-0.4, -0.2) is 63.9 Å². The van der Waals surface area contributed by atoms with Crippen molar-refractivity contribution in [1.29, 1.82) is 0 Å². The van der Waals surface area contributed by atoms with Gasteiger partial charge in [-0.3, -0.25) is 0 Å². The summed E-state index contributed by atoms with van der Waals surface area (Å²) >= 11 is 0. The van der Waals surface area contributed by atoms with Crippen LogP contribution in [-0.2, 0) is 10.0 Å². The second kappa shape index (κ2) is 9.65.